The fourth-order valence-corrected chi connectivity index (χ4v) is 6.67. The van der Waals surface area contributed by atoms with Gasteiger partial charge in [0.25, 0.3) is 0 Å². The fraction of sp³-hybridized carbons (Fsp3) is 0.229. The summed E-state index contributed by atoms with van der Waals surface area (Å²) in [4.78, 5) is 29.3. The first-order valence-electron chi connectivity index (χ1n) is 15.0. The zero-order valence-electron chi connectivity index (χ0n) is 23.7. The van der Waals surface area contributed by atoms with Crippen LogP contribution in [0.1, 0.15) is 49.4 Å². The summed E-state index contributed by atoms with van der Waals surface area (Å²) in [6.07, 6.45) is 4.87. The zero-order chi connectivity index (χ0) is 28.9. The number of imidazole rings is 2. The Bertz CT molecular complexity index is 1970. The van der Waals surface area contributed by atoms with Gasteiger partial charge in [-0.05, 0) is 95.1 Å². The molecule has 0 saturated carbocycles. The summed E-state index contributed by atoms with van der Waals surface area (Å²) in [5.74, 6) is 1.74. The topological polar surface area (TPSA) is 110 Å². The van der Waals surface area contributed by atoms with Gasteiger partial charge in [0.05, 0.1) is 35.0 Å². The van der Waals surface area contributed by atoms with E-state index in [-0.39, 0.29) is 6.04 Å². The van der Waals surface area contributed by atoms with E-state index in [2.05, 4.69) is 99.1 Å². The van der Waals surface area contributed by atoms with Crippen molar-refractivity contribution in [1.82, 2.24) is 30.2 Å². The average Bonchev–Trinajstić information content (AvgIpc) is 3.85. The van der Waals surface area contributed by atoms with Crippen LogP contribution in [0.2, 0.25) is 0 Å². The molecule has 0 radical (unpaired) electrons. The molecule has 6 aromatic rings. The van der Waals surface area contributed by atoms with Gasteiger partial charge in [0.15, 0.2) is 0 Å². The molecule has 0 spiro atoms. The second-order valence-corrected chi connectivity index (χ2v) is 11.7. The largest absolute Gasteiger partial charge is 0.465 e. The molecule has 2 unspecified atom stereocenters. The summed E-state index contributed by atoms with van der Waals surface area (Å²) in [7, 11) is 0. The van der Waals surface area contributed by atoms with Gasteiger partial charge in [0.2, 0.25) is 0 Å². The number of nitrogens with one attached hydrogen (secondary N) is 3. The molecular weight excluding hydrogens is 536 g/mol. The van der Waals surface area contributed by atoms with Crippen LogP contribution in [0.15, 0.2) is 85.1 Å². The van der Waals surface area contributed by atoms with Gasteiger partial charge in [-0.3, -0.25) is 4.90 Å². The SMILES string of the molecule is O=C(O)N1CCCC1c1ncc(-c2ccc(-c3ccc4ccc(-c5ccc6nc(C7CCCN7)[nH]c6c5)cc4c3)cc2)[nH]1. The van der Waals surface area contributed by atoms with Crippen molar-refractivity contribution in [3.63, 3.8) is 0 Å². The first-order valence-corrected chi connectivity index (χ1v) is 15.0. The van der Waals surface area contributed by atoms with Crippen LogP contribution in [0.5, 0.6) is 0 Å². The summed E-state index contributed by atoms with van der Waals surface area (Å²) in [6, 6.07) is 28.3. The predicted octanol–water partition coefficient (Wildman–Crippen LogP) is 7.68. The molecule has 4 aromatic carbocycles. The zero-order valence-corrected chi connectivity index (χ0v) is 23.7. The first kappa shape index (κ1) is 25.7. The molecule has 2 saturated heterocycles. The Morgan fingerprint density at radius 1 is 0.767 bits per heavy atom. The van der Waals surface area contributed by atoms with Crippen molar-refractivity contribution < 1.29 is 9.90 Å². The number of likely N-dealkylation sites (tertiary alicyclic amines) is 1. The molecule has 0 bridgehead atoms. The molecule has 8 nitrogen and oxygen atoms in total. The minimum Gasteiger partial charge on any atom is -0.465 e. The standard InChI is InChI=1S/C35H32N6O2/c42-35(43)41-16-2-4-32(41)34-37-20-31(40-34)23-9-5-21(6-10-23)24-11-7-22-8-12-25(18-27(22)17-24)26-13-14-28-30(19-26)39-33(38-28)29-3-1-15-36-29/h5-14,17-20,29,32,36H,1-4,15-16H2,(H,37,40)(H,38,39)(H,42,43). The van der Waals surface area contributed by atoms with Crippen molar-refractivity contribution >= 4 is 27.9 Å². The molecule has 4 heterocycles. The highest BCUT2D eigenvalue weighted by Gasteiger charge is 2.31. The third-order valence-corrected chi connectivity index (χ3v) is 9.00. The average molecular weight is 569 g/mol. The number of carboxylic acid groups (broad SMARTS) is 1. The van der Waals surface area contributed by atoms with Gasteiger partial charge in [-0.15, -0.1) is 0 Å². The highest BCUT2D eigenvalue weighted by atomic mass is 16.4. The van der Waals surface area contributed by atoms with Gasteiger partial charge in [-0.1, -0.05) is 54.6 Å². The molecule has 43 heavy (non-hydrogen) atoms. The lowest BCUT2D eigenvalue weighted by Gasteiger charge is -2.19. The van der Waals surface area contributed by atoms with Gasteiger partial charge >= 0.3 is 6.09 Å². The lowest BCUT2D eigenvalue weighted by atomic mass is 9.97. The van der Waals surface area contributed by atoms with Crippen molar-refractivity contribution in [1.29, 1.82) is 0 Å². The summed E-state index contributed by atoms with van der Waals surface area (Å²) in [5.41, 5.74) is 8.62. The number of hydrogen-bond donors (Lipinski definition) is 4. The van der Waals surface area contributed by atoms with E-state index in [1.54, 1.807) is 6.20 Å². The maximum Gasteiger partial charge on any atom is 0.407 e. The summed E-state index contributed by atoms with van der Waals surface area (Å²) < 4.78 is 0. The summed E-state index contributed by atoms with van der Waals surface area (Å²) in [6.45, 7) is 1.60. The lowest BCUT2D eigenvalue weighted by Crippen LogP contribution is -2.29. The normalized spacial score (nSPS) is 18.7. The van der Waals surface area contributed by atoms with Gasteiger partial charge < -0.3 is 20.4 Å². The Morgan fingerprint density at radius 2 is 1.49 bits per heavy atom. The number of carbonyl (C=O) groups is 1. The molecular formula is C35H32N6O2. The van der Waals surface area contributed by atoms with E-state index in [1.807, 2.05) is 0 Å². The van der Waals surface area contributed by atoms with E-state index in [1.165, 1.54) is 33.2 Å². The Hall–Kier alpha value is -4.95. The molecule has 8 heteroatoms. The van der Waals surface area contributed by atoms with Crippen LogP contribution in [-0.2, 0) is 0 Å². The van der Waals surface area contributed by atoms with Crippen molar-refractivity contribution in [3.05, 3.63) is 96.7 Å². The molecule has 2 aliphatic rings. The van der Waals surface area contributed by atoms with Gasteiger partial charge in [0, 0.05) is 6.54 Å². The number of nitrogens with zero attached hydrogens (tertiary/aromatic N) is 3. The smallest absolute Gasteiger partial charge is 0.407 e. The number of amides is 1. The Balaban J connectivity index is 1.05. The number of fused-ring (bicyclic) bond motifs is 2. The van der Waals surface area contributed by atoms with Crippen LogP contribution in [0.25, 0.3) is 55.3 Å². The van der Waals surface area contributed by atoms with Crippen LogP contribution in [-0.4, -0.2) is 49.1 Å². The Labute approximate surface area is 248 Å². The third-order valence-electron chi connectivity index (χ3n) is 9.00. The molecule has 214 valence electrons. The number of hydrogen-bond acceptors (Lipinski definition) is 4. The number of rotatable bonds is 5. The number of benzene rings is 4. The maximum atomic E-state index is 11.6. The van der Waals surface area contributed by atoms with Crippen LogP contribution in [0.4, 0.5) is 4.79 Å². The van der Waals surface area contributed by atoms with E-state index in [9.17, 15) is 9.90 Å². The number of aromatic amines is 2. The van der Waals surface area contributed by atoms with Crippen molar-refractivity contribution in [3.8, 4) is 33.5 Å². The second-order valence-electron chi connectivity index (χ2n) is 11.7. The summed E-state index contributed by atoms with van der Waals surface area (Å²) in [5, 5.41) is 15.4. The highest BCUT2D eigenvalue weighted by Crippen LogP contribution is 2.34. The highest BCUT2D eigenvalue weighted by molar-refractivity contribution is 5.92. The van der Waals surface area contributed by atoms with Gasteiger partial charge in [0.1, 0.15) is 11.6 Å². The van der Waals surface area contributed by atoms with Crippen molar-refractivity contribution in [2.24, 2.45) is 0 Å². The molecule has 4 N–H and O–H groups in total. The lowest BCUT2D eigenvalue weighted by molar-refractivity contribution is 0.139. The predicted molar refractivity (Wildman–Crippen MR) is 169 cm³/mol. The number of H-pyrrole nitrogens is 2. The molecule has 2 fully saturated rings. The first-order chi connectivity index (χ1) is 21.1. The van der Waals surface area contributed by atoms with Crippen LogP contribution in [0, 0.1) is 0 Å². The van der Waals surface area contributed by atoms with E-state index in [4.69, 9.17) is 4.98 Å². The summed E-state index contributed by atoms with van der Waals surface area (Å²) >= 11 is 0. The van der Waals surface area contributed by atoms with E-state index < -0.39 is 6.09 Å². The van der Waals surface area contributed by atoms with Crippen molar-refractivity contribution in [2.45, 2.75) is 37.8 Å². The van der Waals surface area contributed by atoms with Crippen molar-refractivity contribution in [2.75, 3.05) is 13.1 Å². The molecule has 2 aliphatic heterocycles. The van der Waals surface area contributed by atoms with Crippen LogP contribution >= 0.6 is 0 Å². The van der Waals surface area contributed by atoms with Gasteiger partial charge in [-0.25, -0.2) is 14.8 Å². The molecule has 8 rings (SSSR count). The molecule has 0 aliphatic carbocycles. The van der Waals surface area contributed by atoms with E-state index in [0.717, 1.165) is 65.0 Å². The second kappa shape index (κ2) is 10.4. The quantitative estimate of drug-likeness (QED) is 0.171. The molecule has 1 amide bonds. The van der Waals surface area contributed by atoms with Crippen LogP contribution in [0.3, 0.4) is 0 Å². The van der Waals surface area contributed by atoms with E-state index in [0.29, 0.717) is 18.4 Å². The molecule has 2 aromatic heterocycles. The van der Waals surface area contributed by atoms with Gasteiger partial charge in [-0.2, -0.15) is 0 Å². The minimum atomic E-state index is -0.892. The third kappa shape index (κ3) is 4.73. The maximum absolute atomic E-state index is 11.6. The molecule has 2 atom stereocenters. The number of aromatic nitrogens is 4. The van der Waals surface area contributed by atoms with E-state index >= 15 is 0 Å². The minimum absolute atomic E-state index is 0.207. The van der Waals surface area contributed by atoms with Crippen LogP contribution < -0.4 is 5.32 Å². The monoisotopic (exact) mass is 568 g/mol. The Kier molecular flexibility index (Phi) is 6.22. The Morgan fingerprint density at radius 3 is 2.26 bits per heavy atom. The fourth-order valence-electron chi connectivity index (χ4n) is 6.67.